The Morgan fingerprint density at radius 1 is 0.241 bits per heavy atom. The second kappa shape index (κ2) is 24.8. The summed E-state index contributed by atoms with van der Waals surface area (Å²) in [6.07, 6.45) is 0. The lowest BCUT2D eigenvalue weighted by molar-refractivity contribution is 0.590. The summed E-state index contributed by atoms with van der Waals surface area (Å²) in [4.78, 5) is 5.48. The second-order valence-electron chi connectivity index (χ2n) is 34.5. The maximum Gasteiger partial charge on any atom is 0.252 e. The first kappa shape index (κ1) is 66.7. The van der Waals surface area contributed by atoms with Gasteiger partial charge in [-0.05, 0) is 210 Å². The van der Waals surface area contributed by atoms with Crippen LogP contribution in [0, 0.1) is 0 Å². The third-order valence-electron chi connectivity index (χ3n) is 23.4. The zero-order valence-corrected chi connectivity index (χ0v) is 63.9. The Bertz CT molecular complexity index is 6260. The Kier molecular flexibility index (Phi) is 15.3. The quantitative estimate of drug-likeness (QED) is 0.105. The fourth-order valence-electron chi connectivity index (χ4n) is 17.8. The molecule has 0 radical (unpaired) electrons. The van der Waals surface area contributed by atoms with E-state index in [1.54, 1.807) is 0 Å². The molecular formula is C104H88BN3. The molecule has 0 aliphatic carbocycles. The maximum absolute atomic E-state index is 2.77. The Morgan fingerprint density at radius 3 is 1.09 bits per heavy atom. The molecule has 0 saturated heterocycles. The number of aromatic nitrogens is 1. The van der Waals surface area contributed by atoms with Crippen LogP contribution < -0.4 is 26.2 Å². The Hall–Kier alpha value is -12.0. The van der Waals surface area contributed by atoms with Gasteiger partial charge < -0.3 is 14.4 Å². The van der Waals surface area contributed by atoms with Crippen molar-refractivity contribution in [2.45, 2.75) is 105 Å². The number of para-hydroxylation sites is 2. The van der Waals surface area contributed by atoms with Crippen molar-refractivity contribution in [1.29, 1.82) is 0 Å². The topological polar surface area (TPSA) is 11.4 Å². The predicted molar refractivity (Wildman–Crippen MR) is 466 cm³/mol. The van der Waals surface area contributed by atoms with Crippen LogP contribution in [-0.2, 0) is 21.7 Å². The van der Waals surface area contributed by atoms with Gasteiger partial charge in [0.2, 0.25) is 0 Å². The van der Waals surface area contributed by atoms with E-state index in [1.807, 2.05) is 0 Å². The average Bonchev–Trinajstić information content (AvgIpc) is 0.787. The van der Waals surface area contributed by atoms with Gasteiger partial charge in [-0.15, -0.1) is 0 Å². The van der Waals surface area contributed by atoms with Gasteiger partial charge in [0.25, 0.3) is 6.71 Å². The SMILES string of the molecule is CC(C)(C)c1cc(-c2ccccc2)c(N2c3ccc(-c4ccccc4)cc3B3c4ccc(-c5cc6cc(C(C)(C)C)cc7ccc8cc(C(C)(C)C)cc5c8c76)cc4N(c4c(-c5ccccc5)cc(C(C)(C)C)cc4-c4ccccc4)c4cc(-n5c6ccccc6c6ccccc65)cc2c43)c(-c2ccccc2)c1. The second-order valence-corrected chi connectivity index (χ2v) is 34.5. The average molecular weight is 1390 g/mol. The van der Waals surface area contributed by atoms with Crippen LogP contribution in [0.15, 0.2) is 315 Å². The number of nitrogens with zero attached hydrogens (tertiary/aromatic N) is 3. The minimum Gasteiger partial charge on any atom is -0.310 e. The maximum atomic E-state index is 2.77. The van der Waals surface area contributed by atoms with E-state index in [-0.39, 0.29) is 28.4 Å². The Labute approximate surface area is 636 Å². The van der Waals surface area contributed by atoms with Crippen LogP contribution in [0.1, 0.15) is 105 Å². The molecule has 2 aliphatic rings. The molecule has 0 amide bonds. The highest BCUT2D eigenvalue weighted by molar-refractivity contribution is 7.00. The van der Waals surface area contributed by atoms with E-state index < -0.39 is 0 Å². The van der Waals surface area contributed by atoms with E-state index in [0.29, 0.717) is 0 Å². The van der Waals surface area contributed by atoms with Crippen LogP contribution in [0.3, 0.4) is 0 Å². The van der Waals surface area contributed by atoms with Crippen LogP contribution in [0.2, 0.25) is 0 Å². The van der Waals surface area contributed by atoms with E-state index in [4.69, 9.17) is 0 Å². The summed E-state index contributed by atoms with van der Waals surface area (Å²) in [5.41, 5.74) is 32.4. The van der Waals surface area contributed by atoms with Gasteiger partial charge >= 0.3 is 0 Å². The molecule has 4 heteroatoms. The fourth-order valence-corrected chi connectivity index (χ4v) is 17.8. The Balaban J connectivity index is 1.03. The van der Waals surface area contributed by atoms with Crippen LogP contribution in [0.5, 0.6) is 0 Å². The lowest BCUT2D eigenvalue weighted by Crippen LogP contribution is -2.61. The fraction of sp³-hybridized carbons (Fsp3) is 0.154. The summed E-state index contributed by atoms with van der Waals surface area (Å²) in [6, 6.07) is 122. The molecule has 0 unspecified atom stereocenters. The first-order valence-electron chi connectivity index (χ1n) is 38.6. The van der Waals surface area contributed by atoms with Crippen LogP contribution >= 0.6 is 0 Å². The largest absolute Gasteiger partial charge is 0.310 e. The first-order chi connectivity index (χ1) is 52.1. The molecular weight excluding hydrogens is 1300 g/mol. The van der Waals surface area contributed by atoms with Crippen molar-refractivity contribution < 1.29 is 0 Å². The van der Waals surface area contributed by atoms with Crippen molar-refractivity contribution in [2.24, 2.45) is 0 Å². The zero-order valence-electron chi connectivity index (χ0n) is 63.9. The van der Waals surface area contributed by atoms with Crippen LogP contribution in [-0.4, -0.2) is 11.3 Å². The smallest absolute Gasteiger partial charge is 0.252 e. The van der Waals surface area contributed by atoms with Crippen molar-refractivity contribution in [1.82, 2.24) is 4.57 Å². The highest BCUT2D eigenvalue weighted by Crippen LogP contribution is 2.56. The lowest BCUT2D eigenvalue weighted by atomic mass is 9.33. The van der Waals surface area contributed by atoms with E-state index in [9.17, 15) is 0 Å². The van der Waals surface area contributed by atoms with Crippen LogP contribution in [0.25, 0.3) is 127 Å². The zero-order chi connectivity index (χ0) is 73.9. The van der Waals surface area contributed by atoms with Gasteiger partial charge in [-0.25, -0.2) is 0 Å². The minimum atomic E-state index is -0.277. The molecule has 522 valence electrons. The first-order valence-corrected chi connectivity index (χ1v) is 38.6. The third-order valence-corrected chi connectivity index (χ3v) is 23.4. The third kappa shape index (κ3) is 10.9. The molecule has 19 rings (SSSR count). The molecule has 0 atom stereocenters. The van der Waals surface area contributed by atoms with E-state index in [2.05, 4.69) is 413 Å². The molecule has 16 aromatic carbocycles. The normalized spacial score (nSPS) is 13.1. The standard InChI is InChI=1S/C104H88BN3/c1-101(2,3)75-52-72-46-47-73-53-76(102(4,5)6)62-87-82(55-74(54-75)96(72)97(73)87)71-48-50-88-93(57-71)108(100-85(68-38-24-16-25-39-68)60-78(104(10,11)12)61-86(100)69-40-26-17-27-41-69)95-64-79(106-90-44-30-28-42-80(90)81-43-29-31-45-91(81)106)63-94-98(95)105(88)89-56-70(65-32-18-13-19-33-65)49-51-92(89)107(94)99-83(66-34-20-14-21-35-66)58-77(103(7,8)9)59-84(99)67-36-22-15-23-37-67/h13-64H,1-12H3. The van der Waals surface area contributed by atoms with Crippen LogP contribution in [0.4, 0.5) is 34.1 Å². The van der Waals surface area contributed by atoms with Gasteiger partial charge in [0.15, 0.2) is 0 Å². The molecule has 0 N–H and O–H groups in total. The molecule has 3 heterocycles. The molecule has 0 fully saturated rings. The van der Waals surface area contributed by atoms with Gasteiger partial charge in [0, 0.05) is 55.8 Å². The van der Waals surface area contributed by atoms with Gasteiger partial charge in [0.05, 0.1) is 28.1 Å². The number of anilines is 6. The molecule has 0 spiro atoms. The molecule has 108 heavy (non-hydrogen) atoms. The van der Waals surface area contributed by atoms with Crippen molar-refractivity contribution in [3.8, 4) is 72.4 Å². The number of fused-ring (bicyclic) bond motifs is 7. The molecule has 3 nitrogen and oxygen atoms in total. The molecule has 0 bridgehead atoms. The molecule has 17 aromatic rings. The highest BCUT2D eigenvalue weighted by atomic mass is 15.2. The van der Waals surface area contributed by atoms with Gasteiger partial charge in [-0.2, -0.15) is 0 Å². The summed E-state index contributed by atoms with van der Waals surface area (Å²) < 4.78 is 2.56. The monoisotopic (exact) mass is 1390 g/mol. The van der Waals surface area contributed by atoms with E-state index in [1.165, 1.54) is 115 Å². The minimum absolute atomic E-state index is 0.0789. The van der Waals surface area contributed by atoms with Gasteiger partial charge in [0.1, 0.15) is 0 Å². The molecule has 2 aliphatic heterocycles. The molecule has 1 aromatic heterocycles. The summed E-state index contributed by atoms with van der Waals surface area (Å²) in [6.45, 7) is 28.1. The Morgan fingerprint density at radius 2 is 0.630 bits per heavy atom. The molecule has 0 saturated carbocycles. The van der Waals surface area contributed by atoms with E-state index >= 15 is 0 Å². The van der Waals surface area contributed by atoms with Crippen molar-refractivity contribution in [3.63, 3.8) is 0 Å². The number of hydrogen-bond acceptors (Lipinski definition) is 2. The van der Waals surface area contributed by atoms with Crippen molar-refractivity contribution in [3.05, 3.63) is 338 Å². The van der Waals surface area contributed by atoms with Crippen molar-refractivity contribution in [2.75, 3.05) is 9.80 Å². The summed E-state index contributed by atoms with van der Waals surface area (Å²) >= 11 is 0. The van der Waals surface area contributed by atoms with E-state index in [0.717, 1.165) is 84.2 Å². The number of hydrogen-bond donors (Lipinski definition) is 0. The number of rotatable bonds is 9. The summed E-state index contributed by atoms with van der Waals surface area (Å²) in [5.74, 6) is 0. The van der Waals surface area contributed by atoms with Gasteiger partial charge in [-0.1, -0.05) is 326 Å². The van der Waals surface area contributed by atoms with Crippen molar-refractivity contribution >= 4 is 111 Å². The lowest BCUT2D eigenvalue weighted by Gasteiger charge is -2.46. The number of benzene rings is 16. The predicted octanol–water partition coefficient (Wildman–Crippen LogP) is 27.0. The van der Waals surface area contributed by atoms with Gasteiger partial charge in [-0.3, -0.25) is 0 Å². The summed E-state index contributed by atoms with van der Waals surface area (Å²) in [5, 5.41) is 10.2. The summed E-state index contributed by atoms with van der Waals surface area (Å²) in [7, 11) is 0. The highest BCUT2D eigenvalue weighted by Gasteiger charge is 2.47.